The highest BCUT2D eigenvalue weighted by Crippen LogP contribution is 2.10. The summed E-state index contributed by atoms with van der Waals surface area (Å²) in [6, 6.07) is 5.96. The molecule has 0 aliphatic carbocycles. The van der Waals surface area contributed by atoms with E-state index in [0.29, 0.717) is 5.69 Å². The summed E-state index contributed by atoms with van der Waals surface area (Å²) in [6.45, 7) is 1.24. The van der Waals surface area contributed by atoms with Crippen LogP contribution >= 0.6 is 0 Å². The molecule has 0 radical (unpaired) electrons. The second kappa shape index (κ2) is 4.27. The molecule has 0 heterocycles. The van der Waals surface area contributed by atoms with Gasteiger partial charge in [-0.2, -0.15) is 0 Å². The van der Waals surface area contributed by atoms with E-state index in [4.69, 9.17) is 5.11 Å². The molecule has 0 fully saturated rings. The number of nitrogens with one attached hydrogen (secondary N) is 1. The third kappa shape index (κ3) is 2.78. The Kier molecular flexibility index (Phi) is 3.06. The molecule has 1 aromatic rings. The van der Waals surface area contributed by atoms with Gasteiger partial charge in [0.15, 0.2) is 0 Å². The Bertz CT molecular complexity index is 362. The van der Waals surface area contributed by atoms with Crippen molar-refractivity contribution in [3.63, 3.8) is 0 Å². The van der Waals surface area contributed by atoms with Crippen molar-refractivity contribution in [3.05, 3.63) is 29.8 Å². The van der Waals surface area contributed by atoms with Gasteiger partial charge >= 0.3 is 11.9 Å². The standard InChI is InChI=1S/C9H9NO4/c1-6(11)14-10-8-4-2-3-7(5-8)9(12)13/h2-5,10H,1H3,(H,12,13). The highest BCUT2D eigenvalue weighted by Gasteiger charge is 2.03. The summed E-state index contributed by atoms with van der Waals surface area (Å²) in [5, 5.41) is 8.65. The number of carboxylic acids is 1. The van der Waals surface area contributed by atoms with Gasteiger partial charge < -0.3 is 9.94 Å². The first kappa shape index (κ1) is 10.0. The monoisotopic (exact) mass is 195 g/mol. The first-order valence-electron chi connectivity index (χ1n) is 3.86. The lowest BCUT2D eigenvalue weighted by molar-refractivity contribution is -0.138. The quantitative estimate of drug-likeness (QED) is 0.710. The molecule has 1 aromatic carbocycles. The van der Waals surface area contributed by atoms with Crippen LogP contribution in [0.25, 0.3) is 0 Å². The summed E-state index contributed by atoms with van der Waals surface area (Å²) in [4.78, 5) is 25.5. The summed E-state index contributed by atoms with van der Waals surface area (Å²) in [5.41, 5.74) is 2.87. The zero-order chi connectivity index (χ0) is 10.6. The van der Waals surface area contributed by atoms with E-state index in [9.17, 15) is 9.59 Å². The maximum absolute atomic E-state index is 10.6. The van der Waals surface area contributed by atoms with Gasteiger partial charge in [0.25, 0.3) is 0 Å². The molecule has 0 atom stereocenters. The van der Waals surface area contributed by atoms with Gasteiger partial charge in [-0.25, -0.2) is 10.3 Å². The molecule has 0 saturated carbocycles. The molecule has 2 N–H and O–H groups in total. The Hall–Kier alpha value is -2.04. The lowest BCUT2D eigenvalue weighted by Gasteiger charge is -2.04. The van der Waals surface area contributed by atoms with Crippen molar-refractivity contribution in [2.45, 2.75) is 6.92 Å². The van der Waals surface area contributed by atoms with Gasteiger partial charge in [-0.15, -0.1) is 0 Å². The average molecular weight is 195 g/mol. The van der Waals surface area contributed by atoms with E-state index in [1.54, 1.807) is 12.1 Å². The molecule has 5 nitrogen and oxygen atoms in total. The second-order valence-electron chi connectivity index (χ2n) is 2.58. The topological polar surface area (TPSA) is 75.6 Å². The lowest BCUT2D eigenvalue weighted by Crippen LogP contribution is -2.06. The van der Waals surface area contributed by atoms with E-state index in [1.807, 2.05) is 0 Å². The maximum Gasteiger partial charge on any atom is 0.335 e. The van der Waals surface area contributed by atoms with Crippen molar-refractivity contribution in [1.29, 1.82) is 0 Å². The third-order valence-corrected chi connectivity index (χ3v) is 1.42. The molecule has 0 aliphatic heterocycles. The fourth-order valence-corrected chi connectivity index (χ4v) is 0.847. The van der Waals surface area contributed by atoms with E-state index >= 15 is 0 Å². The number of carbonyl (C=O) groups is 2. The van der Waals surface area contributed by atoms with Gasteiger partial charge in [-0.05, 0) is 18.2 Å². The lowest BCUT2D eigenvalue weighted by atomic mass is 10.2. The highest BCUT2D eigenvalue weighted by atomic mass is 16.7. The summed E-state index contributed by atoms with van der Waals surface area (Å²) in [7, 11) is 0. The summed E-state index contributed by atoms with van der Waals surface area (Å²) in [5.74, 6) is -1.53. The second-order valence-corrected chi connectivity index (χ2v) is 2.58. The number of hydrogen-bond acceptors (Lipinski definition) is 4. The fraction of sp³-hybridized carbons (Fsp3) is 0.111. The number of benzene rings is 1. The van der Waals surface area contributed by atoms with Gasteiger partial charge in [-0.3, -0.25) is 4.79 Å². The minimum absolute atomic E-state index is 0.127. The van der Waals surface area contributed by atoms with Crippen molar-refractivity contribution in [2.24, 2.45) is 0 Å². The molecule has 1 rings (SSSR count). The van der Waals surface area contributed by atoms with Crippen molar-refractivity contribution < 1.29 is 19.5 Å². The Morgan fingerprint density at radius 3 is 2.71 bits per heavy atom. The van der Waals surface area contributed by atoms with Crippen molar-refractivity contribution in [1.82, 2.24) is 0 Å². The first-order chi connectivity index (χ1) is 6.59. The van der Waals surface area contributed by atoms with Crippen LogP contribution in [0.1, 0.15) is 17.3 Å². The number of carboxylic acid groups (broad SMARTS) is 1. The molecule has 0 saturated heterocycles. The smallest absolute Gasteiger partial charge is 0.335 e. The summed E-state index contributed by atoms with van der Waals surface area (Å²) >= 11 is 0. The van der Waals surface area contributed by atoms with Crippen LogP contribution < -0.4 is 5.48 Å². The first-order valence-corrected chi connectivity index (χ1v) is 3.86. The SMILES string of the molecule is CC(=O)ONc1cccc(C(=O)O)c1. The minimum atomic E-state index is -1.03. The van der Waals surface area contributed by atoms with E-state index in [2.05, 4.69) is 10.3 Å². The Morgan fingerprint density at radius 2 is 2.14 bits per heavy atom. The van der Waals surface area contributed by atoms with E-state index < -0.39 is 11.9 Å². The summed E-state index contributed by atoms with van der Waals surface area (Å²) < 4.78 is 0. The van der Waals surface area contributed by atoms with Crippen LogP contribution in [0, 0.1) is 0 Å². The Labute approximate surface area is 80.3 Å². The predicted octanol–water partition coefficient (Wildman–Crippen LogP) is 1.27. The van der Waals surface area contributed by atoms with Gasteiger partial charge in [0.1, 0.15) is 0 Å². The van der Waals surface area contributed by atoms with E-state index in [-0.39, 0.29) is 5.56 Å². The molecule has 0 spiro atoms. The van der Waals surface area contributed by atoms with Crippen LogP contribution in [0.3, 0.4) is 0 Å². The van der Waals surface area contributed by atoms with Gasteiger partial charge in [0.2, 0.25) is 0 Å². The molecular weight excluding hydrogens is 186 g/mol. The van der Waals surface area contributed by atoms with E-state index in [1.165, 1.54) is 19.1 Å². The van der Waals surface area contributed by atoms with Crippen LogP contribution in [0.5, 0.6) is 0 Å². The fourth-order valence-electron chi connectivity index (χ4n) is 0.847. The summed E-state index contributed by atoms with van der Waals surface area (Å²) in [6.07, 6.45) is 0. The molecule has 0 aliphatic rings. The molecule has 5 heteroatoms. The van der Waals surface area contributed by atoms with E-state index in [0.717, 1.165) is 0 Å². The van der Waals surface area contributed by atoms with Crippen LogP contribution in [0.4, 0.5) is 5.69 Å². The molecule has 0 aromatic heterocycles. The number of rotatable bonds is 3. The maximum atomic E-state index is 10.6. The molecular formula is C9H9NO4. The van der Waals surface area contributed by atoms with Crippen LogP contribution in [-0.4, -0.2) is 17.0 Å². The van der Waals surface area contributed by atoms with Gasteiger partial charge in [0.05, 0.1) is 11.3 Å². The minimum Gasteiger partial charge on any atom is -0.478 e. The van der Waals surface area contributed by atoms with Crippen molar-refractivity contribution >= 4 is 17.6 Å². The largest absolute Gasteiger partial charge is 0.478 e. The van der Waals surface area contributed by atoms with Crippen molar-refractivity contribution in [3.8, 4) is 0 Å². The Balaban J connectivity index is 2.73. The van der Waals surface area contributed by atoms with Crippen molar-refractivity contribution in [2.75, 3.05) is 5.48 Å². The molecule has 74 valence electrons. The number of hydrogen-bond donors (Lipinski definition) is 2. The van der Waals surface area contributed by atoms with Crippen LogP contribution in [0.15, 0.2) is 24.3 Å². The zero-order valence-electron chi connectivity index (χ0n) is 7.48. The van der Waals surface area contributed by atoms with Gasteiger partial charge in [0, 0.05) is 6.92 Å². The zero-order valence-corrected chi connectivity index (χ0v) is 7.48. The number of anilines is 1. The molecule has 0 amide bonds. The average Bonchev–Trinajstić information content (AvgIpc) is 2.15. The highest BCUT2D eigenvalue weighted by molar-refractivity contribution is 5.88. The normalized spacial score (nSPS) is 9.21. The number of carbonyl (C=O) groups excluding carboxylic acids is 1. The molecule has 0 bridgehead atoms. The molecule has 0 unspecified atom stereocenters. The number of aromatic carboxylic acids is 1. The molecule has 14 heavy (non-hydrogen) atoms. The predicted molar refractivity (Wildman–Crippen MR) is 48.8 cm³/mol. The third-order valence-electron chi connectivity index (χ3n) is 1.42. The van der Waals surface area contributed by atoms with Gasteiger partial charge in [-0.1, -0.05) is 6.07 Å². The Morgan fingerprint density at radius 1 is 1.43 bits per heavy atom. The van der Waals surface area contributed by atoms with Crippen LogP contribution in [-0.2, 0) is 9.63 Å². The van der Waals surface area contributed by atoms with Crippen LogP contribution in [0.2, 0.25) is 0 Å².